The van der Waals surface area contributed by atoms with Gasteiger partial charge in [-0.05, 0) is 25.0 Å². The van der Waals surface area contributed by atoms with Crippen molar-refractivity contribution in [1.82, 2.24) is 4.98 Å². The first kappa shape index (κ1) is 8.04. The Labute approximate surface area is 76.2 Å². The van der Waals surface area contributed by atoms with Crippen molar-refractivity contribution < 1.29 is 4.79 Å². The highest BCUT2D eigenvalue weighted by Gasteiger charge is 2.21. The number of nitrogens with zero attached hydrogens (tertiary/aromatic N) is 1. The van der Waals surface area contributed by atoms with Crippen LogP contribution in [0.5, 0.6) is 0 Å². The van der Waals surface area contributed by atoms with Crippen molar-refractivity contribution in [2.75, 3.05) is 5.32 Å². The molecule has 68 valence electrons. The first-order valence-electron chi connectivity index (χ1n) is 4.27. The van der Waals surface area contributed by atoms with E-state index in [0.29, 0.717) is 0 Å². The van der Waals surface area contributed by atoms with Crippen molar-refractivity contribution in [1.29, 1.82) is 0 Å². The first-order chi connectivity index (χ1) is 6.27. The molecule has 1 unspecified atom stereocenters. The lowest BCUT2D eigenvalue weighted by Gasteiger charge is -2.23. The lowest BCUT2D eigenvalue weighted by atomic mass is 10.0. The molecule has 2 rings (SSSR count). The Bertz CT molecular complexity index is 337. The summed E-state index contributed by atoms with van der Waals surface area (Å²) in [4.78, 5) is 15.1. The molecule has 2 heterocycles. The molecular weight excluding hydrogens is 166 g/mol. The SMILES string of the molecule is NC(=O)C1CCc2ncccc2N1. The van der Waals surface area contributed by atoms with Crippen LogP contribution < -0.4 is 11.1 Å². The molecular formula is C9H11N3O. The van der Waals surface area contributed by atoms with E-state index in [1.807, 2.05) is 12.1 Å². The highest BCUT2D eigenvalue weighted by atomic mass is 16.1. The molecule has 1 amide bonds. The van der Waals surface area contributed by atoms with Gasteiger partial charge >= 0.3 is 0 Å². The van der Waals surface area contributed by atoms with Crippen LogP contribution in [0.15, 0.2) is 18.3 Å². The number of aromatic nitrogens is 1. The smallest absolute Gasteiger partial charge is 0.239 e. The Balaban J connectivity index is 2.24. The number of nitrogens with one attached hydrogen (secondary N) is 1. The molecule has 0 saturated carbocycles. The zero-order valence-corrected chi connectivity index (χ0v) is 7.16. The standard InChI is InChI=1S/C9H11N3O/c10-9(13)8-4-3-6-7(12-8)2-1-5-11-6/h1-2,5,8,12H,3-4H2,(H2,10,13). The van der Waals surface area contributed by atoms with Crippen molar-refractivity contribution in [2.24, 2.45) is 5.73 Å². The van der Waals surface area contributed by atoms with E-state index in [-0.39, 0.29) is 11.9 Å². The molecule has 0 aromatic carbocycles. The number of pyridine rings is 1. The molecule has 3 N–H and O–H groups in total. The van der Waals surface area contributed by atoms with Gasteiger partial charge in [-0.15, -0.1) is 0 Å². The molecule has 0 fully saturated rings. The number of nitrogens with two attached hydrogens (primary N) is 1. The Morgan fingerprint density at radius 3 is 3.31 bits per heavy atom. The number of carbonyl (C=O) groups excluding carboxylic acids is 1. The van der Waals surface area contributed by atoms with E-state index in [4.69, 9.17) is 5.73 Å². The Kier molecular flexibility index (Phi) is 1.88. The lowest BCUT2D eigenvalue weighted by Crippen LogP contribution is -2.38. The second-order valence-electron chi connectivity index (χ2n) is 3.14. The fraction of sp³-hybridized carbons (Fsp3) is 0.333. The summed E-state index contributed by atoms with van der Waals surface area (Å²) in [5.74, 6) is -0.297. The predicted molar refractivity (Wildman–Crippen MR) is 49.2 cm³/mol. The third-order valence-corrected chi connectivity index (χ3v) is 2.23. The van der Waals surface area contributed by atoms with Gasteiger partial charge in [0.15, 0.2) is 0 Å². The minimum atomic E-state index is -0.297. The van der Waals surface area contributed by atoms with Gasteiger partial charge in [0, 0.05) is 6.20 Å². The molecule has 0 spiro atoms. The summed E-state index contributed by atoms with van der Waals surface area (Å²) in [5.41, 5.74) is 7.14. The van der Waals surface area contributed by atoms with E-state index in [2.05, 4.69) is 10.3 Å². The van der Waals surface area contributed by atoms with E-state index in [0.717, 1.165) is 24.2 Å². The van der Waals surface area contributed by atoms with Crippen molar-refractivity contribution in [3.05, 3.63) is 24.0 Å². The number of amides is 1. The van der Waals surface area contributed by atoms with Crippen LogP contribution in [0, 0.1) is 0 Å². The van der Waals surface area contributed by atoms with Gasteiger partial charge in [-0.1, -0.05) is 0 Å². The van der Waals surface area contributed by atoms with Gasteiger partial charge in [-0.2, -0.15) is 0 Å². The topological polar surface area (TPSA) is 68.0 Å². The summed E-state index contributed by atoms with van der Waals surface area (Å²) >= 11 is 0. The maximum atomic E-state index is 10.9. The fourth-order valence-electron chi connectivity index (χ4n) is 1.52. The second-order valence-corrected chi connectivity index (χ2v) is 3.14. The van der Waals surface area contributed by atoms with Crippen molar-refractivity contribution >= 4 is 11.6 Å². The van der Waals surface area contributed by atoms with Crippen molar-refractivity contribution in [3.63, 3.8) is 0 Å². The molecule has 1 aromatic heterocycles. The van der Waals surface area contributed by atoms with Crippen LogP contribution in [0.3, 0.4) is 0 Å². The van der Waals surface area contributed by atoms with E-state index in [1.54, 1.807) is 6.20 Å². The number of hydrogen-bond donors (Lipinski definition) is 2. The van der Waals surface area contributed by atoms with Crippen molar-refractivity contribution in [2.45, 2.75) is 18.9 Å². The van der Waals surface area contributed by atoms with Gasteiger partial charge in [0.25, 0.3) is 0 Å². The lowest BCUT2D eigenvalue weighted by molar-refractivity contribution is -0.118. The molecule has 1 aromatic rings. The molecule has 1 atom stereocenters. The van der Waals surface area contributed by atoms with E-state index < -0.39 is 0 Å². The predicted octanol–water partition coefficient (Wildman–Crippen LogP) is 0.294. The van der Waals surface area contributed by atoms with Crippen LogP contribution >= 0.6 is 0 Å². The summed E-state index contributed by atoms with van der Waals surface area (Å²) in [6.07, 6.45) is 3.31. The number of primary amides is 1. The van der Waals surface area contributed by atoms with Gasteiger partial charge in [0.1, 0.15) is 6.04 Å². The van der Waals surface area contributed by atoms with Gasteiger partial charge in [-0.25, -0.2) is 0 Å². The number of carbonyl (C=O) groups is 1. The summed E-state index contributed by atoms with van der Waals surface area (Å²) in [7, 11) is 0. The van der Waals surface area contributed by atoms with Crippen LogP contribution in [0.1, 0.15) is 12.1 Å². The number of hydrogen-bond acceptors (Lipinski definition) is 3. The van der Waals surface area contributed by atoms with Crippen LogP contribution in [-0.4, -0.2) is 16.9 Å². The summed E-state index contributed by atoms with van der Waals surface area (Å²) < 4.78 is 0. The van der Waals surface area contributed by atoms with Crippen LogP contribution in [-0.2, 0) is 11.2 Å². The van der Waals surface area contributed by atoms with Crippen molar-refractivity contribution in [3.8, 4) is 0 Å². The van der Waals surface area contributed by atoms with E-state index >= 15 is 0 Å². The molecule has 0 aliphatic carbocycles. The number of aryl methyl sites for hydroxylation is 1. The number of rotatable bonds is 1. The highest BCUT2D eigenvalue weighted by molar-refractivity contribution is 5.83. The minimum absolute atomic E-state index is 0.239. The van der Waals surface area contributed by atoms with Crippen LogP contribution in [0.25, 0.3) is 0 Å². The minimum Gasteiger partial charge on any atom is -0.372 e. The van der Waals surface area contributed by atoms with Crippen LogP contribution in [0.4, 0.5) is 5.69 Å². The Morgan fingerprint density at radius 2 is 2.54 bits per heavy atom. The Morgan fingerprint density at radius 1 is 1.69 bits per heavy atom. The summed E-state index contributed by atoms with van der Waals surface area (Å²) in [5, 5.41) is 3.06. The molecule has 4 heteroatoms. The molecule has 4 nitrogen and oxygen atoms in total. The van der Waals surface area contributed by atoms with E-state index in [9.17, 15) is 4.79 Å². The van der Waals surface area contributed by atoms with E-state index in [1.165, 1.54) is 0 Å². The zero-order valence-electron chi connectivity index (χ0n) is 7.16. The maximum Gasteiger partial charge on any atom is 0.239 e. The molecule has 0 bridgehead atoms. The fourth-order valence-corrected chi connectivity index (χ4v) is 1.52. The number of anilines is 1. The molecule has 0 saturated heterocycles. The van der Waals surface area contributed by atoms with Gasteiger partial charge in [0.05, 0.1) is 11.4 Å². The third kappa shape index (κ3) is 1.47. The average molecular weight is 177 g/mol. The normalized spacial score (nSPS) is 20.2. The summed E-state index contributed by atoms with van der Waals surface area (Å²) in [6.45, 7) is 0. The quantitative estimate of drug-likeness (QED) is 0.648. The highest BCUT2D eigenvalue weighted by Crippen LogP contribution is 2.21. The second kappa shape index (κ2) is 3.05. The molecule has 1 aliphatic rings. The largest absolute Gasteiger partial charge is 0.372 e. The summed E-state index contributed by atoms with van der Waals surface area (Å²) in [6, 6.07) is 3.52. The molecule has 0 radical (unpaired) electrons. The average Bonchev–Trinajstić information content (AvgIpc) is 2.17. The zero-order chi connectivity index (χ0) is 9.26. The molecule has 13 heavy (non-hydrogen) atoms. The molecule has 1 aliphatic heterocycles. The maximum absolute atomic E-state index is 10.9. The third-order valence-electron chi connectivity index (χ3n) is 2.23. The first-order valence-corrected chi connectivity index (χ1v) is 4.27. The van der Waals surface area contributed by atoms with Gasteiger partial charge in [-0.3, -0.25) is 9.78 Å². The monoisotopic (exact) mass is 177 g/mol. The Hall–Kier alpha value is -1.58. The van der Waals surface area contributed by atoms with Gasteiger partial charge < -0.3 is 11.1 Å². The van der Waals surface area contributed by atoms with Crippen LogP contribution in [0.2, 0.25) is 0 Å². The number of fused-ring (bicyclic) bond motifs is 1. The van der Waals surface area contributed by atoms with Gasteiger partial charge in [0.2, 0.25) is 5.91 Å².